The largest absolute Gasteiger partial charge is 0.455 e. The Balaban J connectivity index is 2.04. The van der Waals surface area contributed by atoms with Crippen LogP contribution in [-0.2, 0) is 6.54 Å². The number of amides is 1. The molecule has 0 atom stereocenters. The third kappa shape index (κ3) is 1.76. The van der Waals surface area contributed by atoms with Crippen LogP contribution < -0.4 is 11.1 Å². The third-order valence-electron chi connectivity index (χ3n) is 4.38. The van der Waals surface area contributed by atoms with Crippen LogP contribution in [0.5, 0.6) is 0 Å². The van der Waals surface area contributed by atoms with Crippen LogP contribution in [0.1, 0.15) is 44.0 Å². The van der Waals surface area contributed by atoms with Gasteiger partial charge in [0.15, 0.2) is 5.76 Å². The van der Waals surface area contributed by atoms with Gasteiger partial charge in [0.1, 0.15) is 5.76 Å². The van der Waals surface area contributed by atoms with E-state index in [4.69, 9.17) is 10.2 Å². The van der Waals surface area contributed by atoms with E-state index in [-0.39, 0.29) is 22.8 Å². The zero-order valence-electron chi connectivity index (χ0n) is 10.8. The molecule has 2 rings (SSSR count). The van der Waals surface area contributed by atoms with Crippen molar-refractivity contribution in [2.45, 2.75) is 40.3 Å². The van der Waals surface area contributed by atoms with Crippen molar-refractivity contribution in [3.05, 3.63) is 23.7 Å². The van der Waals surface area contributed by atoms with Crippen molar-refractivity contribution in [2.75, 3.05) is 0 Å². The fourth-order valence-corrected chi connectivity index (χ4v) is 2.37. The summed E-state index contributed by atoms with van der Waals surface area (Å²) in [6.45, 7) is 8.95. The summed E-state index contributed by atoms with van der Waals surface area (Å²) in [5.41, 5.74) is 5.70. The Morgan fingerprint density at radius 2 is 1.94 bits per heavy atom. The highest BCUT2D eigenvalue weighted by Gasteiger charge is 2.65. The van der Waals surface area contributed by atoms with Gasteiger partial charge < -0.3 is 15.5 Å². The van der Waals surface area contributed by atoms with Crippen LogP contribution in [0.25, 0.3) is 0 Å². The molecule has 0 unspecified atom stereocenters. The first-order valence-corrected chi connectivity index (χ1v) is 5.90. The highest BCUT2D eigenvalue weighted by molar-refractivity contribution is 5.92. The summed E-state index contributed by atoms with van der Waals surface area (Å²) in [6.07, 6.45) is 0. The molecule has 17 heavy (non-hydrogen) atoms. The molecule has 94 valence electrons. The fraction of sp³-hybridized carbons (Fsp3) is 0.615. The second-order valence-corrected chi connectivity index (χ2v) is 5.82. The van der Waals surface area contributed by atoms with Crippen molar-refractivity contribution in [1.29, 1.82) is 0 Å². The van der Waals surface area contributed by atoms with Crippen LogP contribution >= 0.6 is 0 Å². The zero-order valence-corrected chi connectivity index (χ0v) is 10.8. The highest BCUT2D eigenvalue weighted by atomic mass is 16.4. The van der Waals surface area contributed by atoms with E-state index in [1.54, 1.807) is 12.1 Å². The second-order valence-electron chi connectivity index (χ2n) is 5.82. The number of nitrogens with one attached hydrogen (secondary N) is 1. The fourth-order valence-electron chi connectivity index (χ4n) is 2.37. The number of hydrogen-bond donors (Lipinski definition) is 2. The Kier molecular flexibility index (Phi) is 2.58. The summed E-state index contributed by atoms with van der Waals surface area (Å²) >= 11 is 0. The predicted octanol–water partition coefficient (Wildman–Crippen LogP) is 1.90. The molecule has 1 aliphatic rings. The summed E-state index contributed by atoms with van der Waals surface area (Å²) in [5, 5.41) is 3.01. The molecular formula is C13H20N2O2. The summed E-state index contributed by atoms with van der Waals surface area (Å²) in [7, 11) is 0. The van der Waals surface area contributed by atoms with Crippen LogP contribution in [-0.4, -0.2) is 11.9 Å². The Labute approximate surface area is 102 Å². The Morgan fingerprint density at radius 3 is 2.35 bits per heavy atom. The number of hydrogen-bond acceptors (Lipinski definition) is 3. The number of carbonyl (C=O) groups is 1. The molecule has 1 fully saturated rings. The molecule has 1 aliphatic carbocycles. The SMILES string of the molecule is CC1(C)C(NC(=O)c2ccc(CN)o2)C1(C)C. The van der Waals surface area contributed by atoms with E-state index in [2.05, 4.69) is 33.0 Å². The van der Waals surface area contributed by atoms with Crippen molar-refractivity contribution in [2.24, 2.45) is 16.6 Å². The van der Waals surface area contributed by atoms with Crippen LogP contribution in [0.4, 0.5) is 0 Å². The maximum atomic E-state index is 12.0. The molecule has 0 radical (unpaired) electrons. The minimum absolute atomic E-state index is 0.131. The van der Waals surface area contributed by atoms with Crippen LogP contribution in [0.15, 0.2) is 16.5 Å². The van der Waals surface area contributed by atoms with E-state index in [1.807, 2.05) is 0 Å². The van der Waals surface area contributed by atoms with E-state index in [1.165, 1.54) is 0 Å². The quantitative estimate of drug-likeness (QED) is 0.842. The van der Waals surface area contributed by atoms with E-state index in [9.17, 15) is 4.79 Å². The summed E-state index contributed by atoms with van der Waals surface area (Å²) in [5.74, 6) is 0.807. The molecule has 4 nitrogen and oxygen atoms in total. The van der Waals surface area contributed by atoms with E-state index >= 15 is 0 Å². The van der Waals surface area contributed by atoms with Crippen molar-refractivity contribution in [3.8, 4) is 0 Å². The van der Waals surface area contributed by atoms with Gasteiger partial charge in [0.05, 0.1) is 6.54 Å². The molecule has 0 spiro atoms. The third-order valence-corrected chi connectivity index (χ3v) is 4.38. The minimum Gasteiger partial charge on any atom is -0.455 e. The number of nitrogens with two attached hydrogens (primary N) is 1. The van der Waals surface area contributed by atoms with Crippen LogP contribution in [0.3, 0.4) is 0 Å². The van der Waals surface area contributed by atoms with Gasteiger partial charge >= 0.3 is 0 Å². The molecular weight excluding hydrogens is 216 g/mol. The van der Waals surface area contributed by atoms with Crippen molar-refractivity contribution in [3.63, 3.8) is 0 Å². The van der Waals surface area contributed by atoms with Gasteiger partial charge in [-0.2, -0.15) is 0 Å². The van der Waals surface area contributed by atoms with Crippen molar-refractivity contribution < 1.29 is 9.21 Å². The lowest BCUT2D eigenvalue weighted by Crippen LogP contribution is -2.29. The Hall–Kier alpha value is -1.29. The van der Waals surface area contributed by atoms with Gasteiger partial charge in [0.2, 0.25) is 0 Å². The molecule has 0 saturated heterocycles. The first kappa shape index (κ1) is 12.2. The number of rotatable bonds is 3. The first-order valence-electron chi connectivity index (χ1n) is 5.90. The monoisotopic (exact) mass is 236 g/mol. The van der Waals surface area contributed by atoms with Crippen molar-refractivity contribution in [1.82, 2.24) is 5.32 Å². The normalized spacial score (nSPS) is 21.2. The smallest absolute Gasteiger partial charge is 0.287 e. The van der Waals surface area contributed by atoms with E-state index in [0.29, 0.717) is 18.1 Å². The predicted molar refractivity (Wildman–Crippen MR) is 65.4 cm³/mol. The molecule has 0 aromatic carbocycles. The molecule has 3 N–H and O–H groups in total. The standard InChI is InChI=1S/C13H20N2O2/c1-12(2)11(13(12,3)4)15-10(16)9-6-5-8(7-14)17-9/h5-6,11H,7,14H2,1-4H3,(H,15,16). The van der Waals surface area contributed by atoms with E-state index in [0.717, 1.165) is 0 Å². The molecule has 1 aromatic rings. The van der Waals surface area contributed by atoms with Crippen molar-refractivity contribution >= 4 is 5.91 Å². The summed E-state index contributed by atoms with van der Waals surface area (Å²) in [6, 6.07) is 3.59. The van der Waals surface area contributed by atoms with Gasteiger partial charge in [-0.1, -0.05) is 27.7 Å². The lowest BCUT2D eigenvalue weighted by atomic mass is 10.0. The molecule has 1 heterocycles. The highest BCUT2D eigenvalue weighted by Crippen LogP contribution is 2.62. The Morgan fingerprint density at radius 1 is 1.35 bits per heavy atom. The number of furan rings is 1. The van der Waals surface area contributed by atoms with Gasteiger partial charge in [0, 0.05) is 6.04 Å². The van der Waals surface area contributed by atoms with Gasteiger partial charge in [-0.3, -0.25) is 4.79 Å². The zero-order chi connectivity index (χ0) is 12.8. The van der Waals surface area contributed by atoms with Crippen LogP contribution in [0.2, 0.25) is 0 Å². The molecule has 4 heteroatoms. The summed E-state index contributed by atoms with van der Waals surface area (Å²) in [4.78, 5) is 12.0. The van der Waals surface area contributed by atoms with Gasteiger partial charge in [-0.25, -0.2) is 0 Å². The second kappa shape index (κ2) is 3.60. The van der Waals surface area contributed by atoms with Crippen LogP contribution in [0, 0.1) is 10.8 Å². The molecule has 0 bridgehead atoms. The molecule has 1 aromatic heterocycles. The lowest BCUT2D eigenvalue weighted by Gasteiger charge is -2.04. The average Bonchev–Trinajstić information content (AvgIpc) is 2.65. The van der Waals surface area contributed by atoms with Gasteiger partial charge in [-0.15, -0.1) is 0 Å². The number of carbonyl (C=O) groups excluding carboxylic acids is 1. The molecule has 1 saturated carbocycles. The Bertz CT molecular complexity index is 432. The summed E-state index contributed by atoms with van der Waals surface area (Å²) < 4.78 is 5.32. The maximum Gasteiger partial charge on any atom is 0.287 e. The van der Waals surface area contributed by atoms with Gasteiger partial charge in [0.25, 0.3) is 5.91 Å². The minimum atomic E-state index is -0.159. The van der Waals surface area contributed by atoms with E-state index < -0.39 is 0 Å². The van der Waals surface area contributed by atoms with Gasteiger partial charge in [-0.05, 0) is 23.0 Å². The maximum absolute atomic E-state index is 12.0. The molecule has 1 amide bonds. The lowest BCUT2D eigenvalue weighted by molar-refractivity contribution is 0.0914. The first-order chi connectivity index (χ1) is 7.80. The topological polar surface area (TPSA) is 68.3 Å². The molecule has 0 aliphatic heterocycles. The average molecular weight is 236 g/mol.